The molecule has 0 fully saturated rings. The highest BCUT2D eigenvalue weighted by Gasteiger charge is 2.18. The number of carbonyl (C=O) groups is 1. The van der Waals surface area contributed by atoms with E-state index in [0.717, 1.165) is 39.2 Å². The number of carbonyl (C=O) groups excluding carboxylic acids is 1. The first-order valence-electron chi connectivity index (χ1n) is 7.92. The second-order valence-electron chi connectivity index (χ2n) is 5.77. The molecule has 0 aliphatic carbocycles. The lowest BCUT2D eigenvalue weighted by molar-refractivity contribution is -0.112. The van der Waals surface area contributed by atoms with Gasteiger partial charge in [0.05, 0.1) is 5.52 Å². The summed E-state index contributed by atoms with van der Waals surface area (Å²) in [6.07, 6.45) is 3.40. The number of hydrogen-bond donors (Lipinski definition) is 1. The molecule has 2 heterocycles. The smallest absolute Gasteiger partial charge is 0.163 e. The fraction of sp³-hybridized carbons (Fsp3) is 0.150. The molecule has 0 spiro atoms. The van der Waals surface area contributed by atoms with Crippen LogP contribution in [-0.4, -0.2) is 24.0 Å². The lowest BCUT2D eigenvalue weighted by atomic mass is 10.0. The molecule has 0 atom stereocenters. The van der Waals surface area contributed by atoms with Crippen LogP contribution in [0.3, 0.4) is 0 Å². The van der Waals surface area contributed by atoms with Gasteiger partial charge in [-0.15, -0.1) is 0 Å². The highest BCUT2D eigenvalue weighted by molar-refractivity contribution is 6.03. The fourth-order valence-electron chi connectivity index (χ4n) is 2.99. The van der Waals surface area contributed by atoms with E-state index in [0.29, 0.717) is 13.2 Å². The molecule has 4 nitrogen and oxygen atoms in total. The van der Waals surface area contributed by atoms with Gasteiger partial charge in [0, 0.05) is 22.7 Å². The molecule has 4 rings (SSSR count). The summed E-state index contributed by atoms with van der Waals surface area (Å²) in [6, 6.07) is 14.1. The summed E-state index contributed by atoms with van der Waals surface area (Å²) >= 11 is 0. The molecule has 0 saturated heterocycles. The zero-order valence-electron chi connectivity index (χ0n) is 13.3. The Morgan fingerprint density at radius 1 is 1.08 bits per heavy atom. The summed E-state index contributed by atoms with van der Waals surface area (Å²) in [6.45, 7) is 2.66. The molecule has 1 aliphatic heterocycles. The predicted molar refractivity (Wildman–Crippen MR) is 94.4 cm³/mol. The first-order valence-corrected chi connectivity index (χ1v) is 7.92. The van der Waals surface area contributed by atoms with Crippen LogP contribution in [0.25, 0.3) is 28.1 Å². The number of ketones is 1. The Morgan fingerprint density at radius 3 is 2.50 bits per heavy atom. The zero-order chi connectivity index (χ0) is 16.5. The quantitative estimate of drug-likeness (QED) is 0.736. The molecule has 4 heteroatoms. The molecule has 120 valence electrons. The third-order valence-electron chi connectivity index (χ3n) is 4.04. The molecule has 3 aromatic rings. The van der Waals surface area contributed by atoms with Crippen molar-refractivity contribution in [2.45, 2.75) is 6.92 Å². The SMILES string of the molecule is CC(=O)/C=C/c1[nH]c2cc3c(cc2c1-c1ccccc1)OCCO3. The molecule has 0 radical (unpaired) electrons. The average molecular weight is 319 g/mol. The van der Waals surface area contributed by atoms with Crippen molar-refractivity contribution >= 4 is 22.8 Å². The van der Waals surface area contributed by atoms with Crippen molar-refractivity contribution in [2.24, 2.45) is 0 Å². The van der Waals surface area contributed by atoms with Gasteiger partial charge in [0.15, 0.2) is 17.3 Å². The van der Waals surface area contributed by atoms with Gasteiger partial charge in [-0.25, -0.2) is 0 Å². The Balaban J connectivity index is 1.97. The van der Waals surface area contributed by atoms with Crippen LogP contribution in [-0.2, 0) is 4.79 Å². The number of fused-ring (bicyclic) bond motifs is 2. The maximum absolute atomic E-state index is 11.3. The van der Waals surface area contributed by atoms with Crippen LogP contribution in [0, 0.1) is 0 Å². The number of rotatable bonds is 3. The lowest BCUT2D eigenvalue weighted by Gasteiger charge is -2.18. The summed E-state index contributed by atoms with van der Waals surface area (Å²) in [5.74, 6) is 1.52. The van der Waals surface area contributed by atoms with Crippen molar-refractivity contribution in [1.29, 1.82) is 0 Å². The molecule has 0 amide bonds. The lowest BCUT2D eigenvalue weighted by Crippen LogP contribution is -2.15. The number of aromatic amines is 1. The minimum Gasteiger partial charge on any atom is -0.486 e. The van der Waals surface area contributed by atoms with E-state index in [4.69, 9.17) is 9.47 Å². The van der Waals surface area contributed by atoms with E-state index in [2.05, 4.69) is 17.1 Å². The predicted octanol–water partition coefficient (Wildman–Crippen LogP) is 4.21. The van der Waals surface area contributed by atoms with Crippen molar-refractivity contribution in [3.63, 3.8) is 0 Å². The molecule has 0 unspecified atom stereocenters. The number of nitrogens with one attached hydrogen (secondary N) is 1. The van der Waals surface area contributed by atoms with E-state index in [1.165, 1.54) is 0 Å². The third kappa shape index (κ3) is 2.56. The van der Waals surface area contributed by atoms with E-state index in [-0.39, 0.29) is 5.78 Å². The topological polar surface area (TPSA) is 51.3 Å². The second kappa shape index (κ2) is 5.89. The van der Waals surface area contributed by atoms with Gasteiger partial charge in [0.2, 0.25) is 0 Å². The Labute approximate surface area is 139 Å². The van der Waals surface area contributed by atoms with E-state index in [9.17, 15) is 4.79 Å². The van der Waals surface area contributed by atoms with Crippen LogP contribution in [0.2, 0.25) is 0 Å². The molecule has 24 heavy (non-hydrogen) atoms. The maximum Gasteiger partial charge on any atom is 0.163 e. The second-order valence-corrected chi connectivity index (χ2v) is 5.77. The Bertz CT molecular complexity index is 938. The Kier molecular flexibility index (Phi) is 3.58. The van der Waals surface area contributed by atoms with Crippen molar-refractivity contribution in [1.82, 2.24) is 4.98 Å². The number of ether oxygens (including phenoxy) is 2. The highest BCUT2D eigenvalue weighted by atomic mass is 16.6. The summed E-state index contributed by atoms with van der Waals surface area (Å²) in [5.41, 5.74) is 4.00. The van der Waals surface area contributed by atoms with Crippen LogP contribution < -0.4 is 9.47 Å². The van der Waals surface area contributed by atoms with Crippen LogP contribution in [0.4, 0.5) is 0 Å². The highest BCUT2D eigenvalue weighted by Crippen LogP contribution is 2.40. The van der Waals surface area contributed by atoms with Gasteiger partial charge in [-0.3, -0.25) is 4.79 Å². The number of benzene rings is 2. The van der Waals surface area contributed by atoms with Crippen molar-refractivity contribution in [3.8, 4) is 22.6 Å². The van der Waals surface area contributed by atoms with Crippen LogP contribution in [0.5, 0.6) is 11.5 Å². The zero-order valence-corrected chi connectivity index (χ0v) is 13.3. The molecule has 0 saturated carbocycles. The van der Waals surface area contributed by atoms with Gasteiger partial charge in [-0.05, 0) is 30.7 Å². The van der Waals surface area contributed by atoms with E-state index in [1.54, 1.807) is 13.0 Å². The monoisotopic (exact) mass is 319 g/mol. The van der Waals surface area contributed by atoms with Gasteiger partial charge in [-0.1, -0.05) is 30.3 Å². The van der Waals surface area contributed by atoms with E-state index in [1.807, 2.05) is 36.4 Å². The molecule has 2 aromatic carbocycles. The largest absolute Gasteiger partial charge is 0.486 e. The van der Waals surface area contributed by atoms with Crippen LogP contribution in [0.1, 0.15) is 12.6 Å². The van der Waals surface area contributed by atoms with Gasteiger partial charge in [0.1, 0.15) is 13.2 Å². The normalized spacial score (nSPS) is 13.5. The fourth-order valence-corrected chi connectivity index (χ4v) is 2.99. The van der Waals surface area contributed by atoms with Crippen LogP contribution in [0.15, 0.2) is 48.5 Å². The summed E-state index contributed by atoms with van der Waals surface area (Å²) < 4.78 is 11.4. The van der Waals surface area contributed by atoms with Crippen molar-refractivity contribution < 1.29 is 14.3 Å². The number of allylic oxidation sites excluding steroid dienone is 1. The number of aromatic nitrogens is 1. The minimum atomic E-state index is 0.0126. The maximum atomic E-state index is 11.3. The Hall–Kier alpha value is -3.01. The summed E-state index contributed by atoms with van der Waals surface area (Å²) in [4.78, 5) is 14.7. The van der Waals surface area contributed by atoms with Crippen molar-refractivity contribution in [2.75, 3.05) is 13.2 Å². The van der Waals surface area contributed by atoms with E-state index < -0.39 is 0 Å². The molecule has 1 aromatic heterocycles. The Morgan fingerprint density at radius 2 is 1.79 bits per heavy atom. The molecule has 1 N–H and O–H groups in total. The number of hydrogen-bond acceptors (Lipinski definition) is 3. The van der Waals surface area contributed by atoms with Gasteiger partial charge in [-0.2, -0.15) is 0 Å². The molecular formula is C20H17NO3. The standard InChI is InChI=1S/C20H17NO3/c1-13(22)7-8-16-20(14-5-3-2-4-6-14)15-11-18-19(12-17(15)21-16)24-10-9-23-18/h2-8,11-12,21H,9-10H2,1H3/b8-7+. The van der Waals surface area contributed by atoms with Gasteiger partial charge >= 0.3 is 0 Å². The average Bonchev–Trinajstić information content (AvgIpc) is 2.96. The molecule has 1 aliphatic rings. The summed E-state index contributed by atoms with van der Waals surface area (Å²) in [7, 11) is 0. The van der Waals surface area contributed by atoms with Gasteiger partial charge < -0.3 is 14.5 Å². The number of H-pyrrole nitrogens is 1. The first kappa shape index (κ1) is 14.6. The molecular weight excluding hydrogens is 302 g/mol. The summed E-state index contributed by atoms with van der Waals surface area (Å²) in [5, 5.41) is 1.05. The van der Waals surface area contributed by atoms with E-state index >= 15 is 0 Å². The third-order valence-corrected chi connectivity index (χ3v) is 4.04. The molecule has 0 bridgehead atoms. The van der Waals surface area contributed by atoms with Crippen LogP contribution >= 0.6 is 0 Å². The minimum absolute atomic E-state index is 0.0126. The first-order chi connectivity index (χ1) is 11.7. The van der Waals surface area contributed by atoms with Crippen molar-refractivity contribution in [3.05, 3.63) is 54.2 Å². The van der Waals surface area contributed by atoms with Gasteiger partial charge in [0.25, 0.3) is 0 Å².